The third-order valence-corrected chi connectivity index (χ3v) is 2.88. The molecule has 1 saturated heterocycles. The highest BCUT2D eigenvalue weighted by Crippen LogP contribution is 2.06. The van der Waals surface area contributed by atoms with Crippen LogP contribution in [-0.2, 0) is 23.7 Å². The normalized spacial score (nSPS) is 16.0. The molecule has 0 aromatic carbocycles. The zero-order valence-electron chi connectivity index (χ0n) is 12.0. The zero-order valence-corrected chi connectivity index (χ0v) is 12.0. The van der Waals surface area contributed by atoms with Crippen molar-refractivity contribution in [1.82, 2.24) is 5.32 Å². The van der Waals surface area contributed by atoms with Crippen LogP contribution in [0.5, 0.6) is 0 Å². The number of hydrogen-bond acceptors (Lipinski definition) is 6. The van der Waals surface area contributed by atoms with Crippen LogP contribution in [0, 0.1) is 0 Å². The maximum Gasteiger partial charge on any atom is 0.330 e. The Kier molecular flexibility index (Phi) is 10.1. The standard InChI is InChI=1S/C14H25NO5/c1-2-14(16)20-12-10-18-8-7-17-9-11-19-13-3-5-15-6-4-13/h2,13,15H,1,3-12H2. The van der Waals surface area contributed by atoms with Crippen molar-refractivity contribution in [2.45, 2.75) is 18.9 Å². The van der Waals surface area contributed by atoms with Gasteiger partial charge in [-0.05, 0) is 25.9 Å². The lowest BCUT2D eigenvalue weighted by Gasteiger charge is -2.22. The van der Waals surface area contributed by atoms with Crippen LogP contribution in [0.25, 0.3) is 0 Å². The summed E-state index contributed by atoms with van der Waals surface area (Å²) in [5.74, 6) is -0.431. The third kappa shape index (κ3) is 9.03. The number of hydrogen-bond donors (Lipinski definition) is 1. The molecule has 116 valence electrons. The van der Waals surface area contributed by atoms with Crippen molar-refractivity contribution in [2.24, 2.45) is 0 Å². The van der Waals surface area contributed by atoms with Crippen LogP contribution in [0.2, 0.25) is 0 Å². The summed E-state index contributed by atoms with van der Waals surface area (Å²) in [6.07, 6.45) is 3.65. The summed E-state index contributed by atoms with van der Waals surface area (Å²) in [6, 6.07) is 0. The summed E-state index contributed by atoms with van der Waals surface area (Å²) in [7, 11) is 0. The second-order valence-corrected chi connectivity index (χ2v) is 4.42. The minimum atomic E-state index is -0.431. The zero-order chi connectivity index (χ0) is 14.5. The summed E-state index contributed by atoms with van der Waals surface area (Å²) in [6.45, 7) is 8.20. The predicted octanol–water partition coefficient (Wildman–Crippen LogP) is 0.517. The van der Waals surface area contributed by atoms with Crippen LogP contribution in [0.1, 0.15) is 12.8 Å². The second-order valence-electron chi connectivity index (χ2n) is 4.42. The fraction of sp³-hybridized carbons (Fsp3) is 0.786. The average molecular weight is 287 g/mol. The molecule has 1 fully saturated rings. The molecular weight excluding hydrogens is 262 g/mol. The average Bonchev–Trinajstić information content (AvgIpc) is 2.50. The van der Waals surface area contributed by atoms with E-state index in [9.17, 15) is 4.79 Å². The van der Waals surface area contributed by atoms with Gasteiger partial charge in [-0.1, -0.05) is 6.58 Å². The van der Waals surface area contributed by atoms with Crippen molar-refractivity contribution >= 4 is 5.97 Å². The van der Waals surface area contributed by atoms with Crippen LogP contribution in [0.15, 0.2) is 12.7 Å². The summed E-state index contributed by atoms with van der Waals surface area (Å²) in [5.41, 5.74) is 0. The first-order valence-corrected chi connectivity index (χ1v) is 7.10. The lowest BCUT2D eigenvalue weighted by Crippen LogP contribution is -2.33. The van der Waals surface area contributed by atoms with E-state index in [-0.39, 0.29) is 6.61 Å². The van der Waals surface area contributed by atoms with Crippen LogP contribution >= 0.6 is 0 Å². The highest BCUT2D eigenvalue weighted by Gasteiger charge is 2.12. The first-order chi connectivity index (χ1) is 9.83. The number of rotatable bonds is 11. The van der Waals surface area contributed by atoms with Crippen molar-refractivity contribution in [3.8, 4) is 0 Å². The van der Waals surface area contributed by atoms with Crippen LogP contribution in [0.3, 0.4) is 0 Å². The topological polar surface area (TPSA) is 66.0 Å². The first-order valence-electron chi connectivity index (χ1n) is 7.10. The van der Waals surface area contributed by atoms with E-state index in [4.69, 9.17) is 18.9 Å². The Morgan fingerprint density at radius 2 is 1.65 bits per heavy atom. The molecule has 6 heteroatoms. The largest absolute Gasteiger partial charge is 0.460 e. The van der Waals surface area contributed by atoms with Gasteiger partial charge in [-0.25, -0.2) is 4.79 Å². The van der Waals surface area contributed by atoms with Crippen LogP contribution in [-0.4, -0.2) is 64.8 Å². The Balaban J connectivity index is 1.76. The second kappa shape index (κ2) is 11.8. The highest BCUT2D eigenvalue weighted by molar-refractivity contribution is 5.81. The van der Waals surface area contributed by atoms with Crippen molar-refractivity contribution < 1.29 is 23.7 Å². The molecule has 1 aliphatic heterocycles. The minimum absolute atomic E-state index is 0.240. The van der Waals surface area contributed by atoms with E-state index in [2.05, 4.69) is 11.9 Å². The van der Waals surface area contributed by atoms with Gasteiger partial charge < -0.3 is 24.3 Å². The summed E-state index contributed by atoms with van der Waals surface area (Å²) in [5, 5.41) is 3.30. The first kappa shape index (κ1) is 17.1. The van der Waals surface area contributed by atoms with Gasteiger partial charge in [-0.2, -0.15) is 0 Å². The Hall–Kier alpha value is -0.950. The number of nitrogens with one attached hydrogen (secondary N) is 1. The van der Waals surface area contributed by atoms with Gasteiger partial charge in [0.15, 0.2) is 0 Å². The molecule has 1 aliphatic rings. The molecule has 0 radical (unpaired) electrons. The van der Waals surface area contributed by atoms with Gasteiger partial charge in [0.05, 0.1) is 39.1 Å². The molecule has 6 nitrogen and oxygen atoms in total. The lowest BCUT2D eigenvalue weighted by molar-refractivity contribution is -0.139. The number of piperidine rings is 1. The molecule has 0 bridgehead atoms. The number of carbonyl (C=O) groups is 1. The van der Waals surface area contributed by atoms with Crippen molar-refractivity contribution in [1.29, 1.82) is 0 Å². The number of ether oxygens (including phenoxy) is 4. The van der Waals surface area contributed by atoms with E-state index in [1.807, 2.05) is 0 Å². The molecule has 0 saturated carbocycles. The minimum Gasteiger partial charge on any atom is -0.460 e. The summed E-state index contributed by atoms with van der Waals surface area (Å²) >= 11 is 0. The molecule has 0 aromatic heterocycles. The molecule has 0 aromatic rings. The van der Waals surface area contributed by atoms with Crippen molar-refractivity contribution in [3.63, 3.8) is 0 Å². The smallest absolute Gasteiger partial charge is 0.330 e. The summed E-state index contributed by atoms with van der Waals surface area (Å²) in [4.78, 5) is 10.7. The summed E-state index contributed by atoms with van der Waals surface area (Å²) < 4.78 is 21.1. The Morgan fingerprint density at radius 3 is 2.30 bits per heavy atom. The van der Waals surface area contributed by atoms with Gasteiger partial charge in [0.2, 0.25) is 0 Å². The fourth-order valence-electron chi connectivity index (χ4n) is 1.82. The maximum absolute atomic E-state index is 10.7. The van der Waals surface area contributed by atoms with E-state index < -0.39 is 5.97 Å². The molecule has 20 heavy (non-hydrogen) atoms. The number of esters is 1. The Bertz CT molecular complexity index is 266. The Labute approximate surface area is 120 Å². The van der Waals surface area contributed by atoms with Crippen molar-refractivity contribution in [2.75, 3.05) is 52.7 Å². The van der Waals surface area contributed by atoms with Gasteiger partial charge in [-0.3, -0.25) is 0 Å². The van der Waals surface area contributed by atoms with E-state index in [0.717, 1.165) is 32.0 Å². The molecular formula is C14H25NO5. The highest BCUT2D eigenvalue weighted by atomic mass is 16.6. The SMILES string of the molecule is C=CC(=O)OCCOCCOCCOC1CCNCC1. The molecule has 1 N–H and O–H groups in total. The molecule has 0 unspecified atom stereocenters. The van der Waals surface area contributed by atoms with Crippen LogP contribution in [0.4, 0.5) is 0 Å². The van der Waals surface area contributed by atoms with E-state index in [1.54, 1.807) is 0 Å². The van der Waals surface area contributed by atoms with E-state index >= 15 is 0 Å². The third-order valence-electron chi connectivity index (χ3n) is 2.88. The monoisotopic (exact) mass is 287 g/mol. The number of carbonyl (C=O) groups excluding carboxylic acids is 1. The van der Waals surface area contributed by atoms with Gasteiger partial charge in [-0.15, -0.1) is 0 Å². The van der Waals surface area contributed by atoms with E-state index in [1.165, 1.54) is 0 Å². The van der Waals surface area contributed by atoms with Gasteiger partial charge >= 0.3 is 5.97 Å². The molecule has 0 aliphatic carbocycles. The molecule has 1 rings (SSSR count). The fourth-order valence-corrected chi connectivity index (χ4v) is 1.82. The predicted molar refractivity (Wildman–Crippen MR) is 74.6 cm³/mol. The molecule has 1 heterocycles. The Morgan fingerprint density at radius 1 is 1.05 bits per heavy atom. The molecule has 0 atom stereocenters. The quantitative estimate of drug-likeness (QED) is 0.339. The van der Waals surface area contributed by atoms with Crippen LogP contribution < -0.4 is 5.32 Å². The molecule has 0 spiro atoms. The maximum atomic E-state index is 10.7. The van der Waals surface area contributed by atoms with Gasteiger partial charge in [0.25, 0.3) is 0 Å². The van der Waals surface area contributed by atoms with Gasteiger partial charge in [0, 0.05) is 6.08 Å². The van der Waals surface area contributed by atoms with E-state index in [0.29, 0.717) is 39.1 Å². The van der Waals surface area contributed by atoms with Crippen molar-refractivity contribution in [3.05, 3.63) is 12.7 Å². The lowest BCUT2D eigenvalue weighted by atomic mass is 10.1. The molecule has 0 amide bonds. The van der Waals surface area contributed by atoms with Gasteiger partial charge in [0.1, 0.15) is 6.61 Å².